The van der Waals surface area contributed by atoms with Gasteiger partial charge in [-0.05, 0) is 18.1 Å². The fourth-order valence-corrected chi connectivity index (χ4v) is 2.16. The molecule has 6 nitrogen and oxygen atoms in total. The van der Waals surface area contributed by atoms with Crippen molar-refractivity contribution in [1.29, 1.82) is 0 Å². The average molecular weight is 286 g/mol. The lowest BCUT2D eigenvalue weighted by Gasteiger charge is -2.07. The van der Waals surface area contributed by atoms with Gasteiger partial charge in [0.05, 0.1) is 18.4 Å². The molecule has 0 bridgehead atoms. The number of benzene rings is 1. The summed E-state index contributed by atoms with van der Waals surface area (Å²) in [5.74, 6) is -0.509. The number of imidazole rings is 1. The molecule has 0 unspecified atom stereocenters. The highest BCUT2D eigenvalue weighted by atomic mass is 16.1. The molecule has 110 valence electrons. The molecule has 1 aromatic heterocycles. The minimum Gasteiger partial charge on any atom is -0.364 e. The number of aromatic nitrogens is 2. The predicted octanol–water partition coefficient (Wildman–Crippen LogP) is 0.627. The van der Waals surface area contributed by atoms with Gasteiger partial charge in [-0.2, -0.15) is 0 Å². The van der Waals surface area contributed by atoms with E-state index >= 15 is 0 Å². The van der Waals surface area contributed by atoms with Gasteiger partial charge < -0.3 is 15.6 Å². The van der Waals surface area contributed by atoms with Gasteiger partial charge in [0.1, 0.15) is 5.69 Å². The molecule has 0 atom stereocenters. The second-order valence-corrected chi connectivity index (χ2v) is 4.84. The van der Waals surface area contributed by atoms with Crippen molar-refractivity contribution in [1.82, 2.24) is 14.9 Å². The molecule has 21 heavy (non-hydrogen) atoms. The van der Waals surface area contributed by atoms with Gasteiger partial charge in [-0.15, -0.1) is 0 Å². The number of hydrogen-bond donors (Lipinski definition) is 2. The summed E-state index contributed by atoms with van der Waals surface area (Å²) in [5.41, 5.74) is 8.36. The van der Waals surface area contributed by atoms with Gasteiger partial charge >= 0.3 is 0 Å². The van der Waals surface area contributed by atoms with Crippen molar-refractivity contribution < 1.29 is 9.59 Å². The van der Waals surface area contributed by atoms with E-state index in [1.807, 2.05) is 24.3 Å². The number of carbonyl (C=O) groups is 2. The third kappa shape index (κ3) is 3.47. The Labute approximate surface area is 123 Å². The van der Waals surface area contributed by atoms with Crippen LogP contribution in [0.1, 0.15) is 27.3 Å². The molecular formula is C15H18N4O2. The van der Waals surface area contributed by atoms with Crippen molar-refractivity contribution in [3.8, 4) is 0 Å². The summed E-state index contributed by atoms with van der Waals surface area (Å²) < 4.78 is 1.73. The van der Waals surface area contributed by atoms with Crippen LogP contribution < -0.4 is 11.1 Å². The van der Waals surface area contributed by atoms with Gasteiger partial charge in [-0.25, -0.2) is 4.98 Å². The number of primary amides is 1. The van der Waals surface area contributed by atoms with Crippen molar-refractivity contribution in [3.63, 3.8) is 0 Å². The van der Waals surface area contributed by atoms with Crippen LogP contribution >= 0.6 is 0 Å². The van der Waals surface area contributed by atoms with Crippen LogP contribution in [0.25, 0.3) is 0 Å². The highest BCUT2D eigenvalue weighted by Crippen LogP contribution is 2.11. The van der Waals surface area contributed by atoms with Crippen LogP contribution in [0.15, 0.2) is 30.6 Å². The molecule has 0 aliphatic carbocycles. The molecule has 3 N–H and O–H groups in total. The molecular weight excluding hydrogens is 268 g/mol. The Morgan fingerprint density at radius 3 is 2.43 bits per heavy atom. The Bertz CT molecular complexity index is 659. The van der Waals surface area contributed by atoms with Crippen LogP contribution in [-0.2, 0) is 17.8 Å². The molecule has 6 heteroatoms. The quantitative estimate of drug-likeness (QED) is 0.844. The number of hydrogen-bond acceptors (Lipinski definition) is 3. The topological polar surface area (TPSA) is 90.0 Å². The molecule has 0 saturated heterocycles. The fourth-order valence-electron chi connectivity index (χ4n) is 2.16. The summed E-state index contributed by atoms with van der Waals surface area (Å²) >= 11 is 0. The molecule has 1 heterocycles. The van der Waals surface area contributed by atoms with Gasteiger partial charge in [0.15, 0.2) is 0 Å². The molecule has 0 aliphatic rings. The Kier molecular flexibility index (Phi) is 4.37. The predicted molar refractivity (Wildman–Crippen MR) is 78.8 cm³/mol. The fraction of sp³-hybridized carbons (Fsp3) is 0.267. The summed E-state index contributed by atoms with van der Waals surface area (Å²) in [4.78, 5) is 26.8. The van der Waals surface area contributed by atoms with E-state index in [0.717, 1.165) is 11.1 Å². The van der Waals surface area contributed by atoms with Gasteiger partial charge in [0, 0.05) is 13.6 Å². The summed E-state index contributed by atoms with van der Waals surface area (Å²) in [6, 6.07) is 7.66. The van der Waals surface area contributed by atoms with Crippen LogP contribution in [-0.4, -0.2) is 28.4 Å². The van der Waals surface area contributed by atoms with E-state index in [4.69, 9.17) is 5.73 Å². The van der Waals surface area contributed by atoms with E-state index in [0.29, 0.717) is 24.4 Å². The van der Waals surface area contributed by atoms with Crippen LogP contribution in [0.3, 0.4) is 0 Å². The number of rotatable bonds is 5. The second kappa shape index (κ2) is 6.21. The van der Waals surface area contributed by atoms with Crippen LogP contribution in [0, 0.1) is 6.92 Å². The average Bonchev–Trinajstić information content (AvgIpc) is 2.81. The number of nitrogens with one attached hydrogen (secondary N) is 1. The van der Waals surface area contributed by atoms with Gasteiger partial charge in [-0.1, -0.05) is 24.3 Å². The third-order valence-electron chi connectivity index (χ3n) is 3.27. The zero-order valence-corrected chi connectivity index (χ0v) is 12.1. The Hall–Kier alpha value is -2.63. The first-order valence-electron chi connectivity index (χ1n) is 6.61. The largest absolute Gasteiger partial charge is 0.364 e. The first kappa shape index (κ1) is 14.8. The van der Waals surface area contributed by atoms with E-state index in [-0.39, 0.29) is 5.91 Å². The van der Waals surface area contributed by atoms with Crippen LogP contribution in [0.5, 0.6) is 0 Å². The summed E-state index contributed by atoms with van der Waals surface area (Å²) in [7, 11) is 1.61. The van der Waals surface area contributed by atoms with E-state index in [1.165, 1.54) is 0 Å². The van der Waals surface area contributed by atoms with Gasteiger partial charge in [-0.3, -0.25) is 9.59 Å². The molecule has 0 saturated carbocycles. The smallest absolute Gasteiger partial charge is 0.267 e. The van der Waals surface area contributed by atoms with Crippen LogP contribution in [0.2, 0.25) is 0 Å². The standard InChI is InChI=1S/C15H18N4O2/c1-10-14(15(16)21)19(9-18-10)8-12-5-3-11(4-6-12)7-13(20)17-2/h3-6,9H,7-8H2,1-2H3,(H2,16,21)(H,17,20). The minimum absolute atomic E-state index is 0.0241. The lowest BCUT2D eigenvalue weighted by molar-refractivity contribution is -0.119. The van der Waals surface area contributed by atoms with Crippen molar-refractivity contribution in [2.45, 2.75) is 19.9 Å². The van der Waals surface area contributed by atoms with Crippen molar-refractivity contribution in [2.24, 2.45) is 5.73 Å². The first-order chi connectivity index (χ1) is 10.0. The third-order valence-corrected chi connectivity index (χ3v) is 3.27. The maximum absolute atomic E-state index is 11.4. The summed E-state index contributed by atoms with van der Waals surface area (Å²) in [5, 5.41) is 2.59. The SMILES string of the molecule is CNC(=O)Cc1ccc(Cn2cnc(C)c2C(N)=O)cc1. The van der Waals surface area contributed by atoms with Gasteiger partial charge in [0.25, 0.3) is 5.91 Å². The maximum atomic E-state index is 11.4. The number of carbonyl (C=O) groups excluding carboxylic acids is 2. The number of likely N-dealkylation sites (N-methyl/N-ethyl adjacent to an activating group) is 1. The van der Waals surface area contributed by atoms with Gasteiger partial charge in [0.2, 0.25) is 5.91 Å². The van der Waals surface area contributed by atoms with Crippen molar-refractivity contribution in [2.75, 3.05) is 7.05 Å². The molecule has 0 aliphatic heterocycles. The Morgan fingerprint density at radius 2 is 1.86 bits per heavy atom. The zero-order valence-electron chi connectivity index (χ0n) is 12.1. The zero-order chi connectivity index (χ0) is 15.4. The highest BCUT2D eigenvalue weighted by molar-refractivity contribution is 5.92. The Balaban J connectivity index is 2.14. The minimum atomic E-state index is -0.485. The molecule has 2 amide bonds. The number of amides is 2. The summed E-state index contributed by atoms with van der Waals surface area (Å²) in [6.07, 6.45) is 1.96. The molecule has 0 radical (unpaired) electrons. The highest BCUT2D eigenvalue weighted by Gasteiger charge is 2.13. The number of aryl methyl sites for hydroxylation is 1. The number of nitrogens with zero attached hydrogens (tertiary/aromatic N) is 2. The van der Waals surface area contributed by atoms with Crippen molar-refractivity contribution in [3.05, 3.63) is 53.1 Å². The molecule has 1 aromatic carbocycles. The van der Waals surface area contributed by atoms with E-state index in [9.17, 15) is 9.59 Å². The molecule has 0 fully saturated rings. The first-order valence-corrected chi connectivity index (χ1v) is 6.61. The molecule has 0 spiro atoms. The summed E-state index contributed by atoms with van der Waals surface area (Å²) in [6.45, 7) is 2.27. The lowest BCUT2D eigenvalue weighted by Crippen LogP contribution is -2.20. The molecule has 2 rings (SSSR count). The van der Waals surface area contributed by atoms with Crippen molar-refractivity contribution >= 4 is 11.8 Å². The molecule has 2 aromatic rings. The van der Waals surface area contributed by atoms with E-state index in [1.54, 1.807) is 24.9 Å². The Morgan fingerprint density at radius 1 is 1.24 bits per heavy atom. The van der Waals surface area contributed by atoms with E-state index in [2.05, 4.69) is 10.3 Å². The second-order valence-electron chi connectivity index (χ2n) is 4.84. The maximum Gasteiger partial charge on any atom is 0.267 e. The van der Waals surface area contributed by atoms with Crippen LogP contribution in [0.4, 0.5) is 0 Å². The monoisotopic (exact) mass is 286 g/mol. The number of nitrogens with two attached hydrogens (primary N) is 1. The van der Waals surface area contributed by atoms with E-state index < -0.39 is 5.91 Å². The normalized spacial score (nSPS) is 10.4. The lowest BCUT2D eigenvalue weighted by atomic mass is 10.1.